The van der Waals surface area contributed by atoms with Crippen LogP contribution in [0.3, 0.4) is 0 Å². The van der Waals surface area contributed by atoms with Gasteiger partial charge in [0.05, 0.1) is 11.1 Å². The first-order valence-electron chi connectivity index (χ1n) is 18.8. The van der Waals surface area contributed by atoms with Crippen LogP contribution in [0.5, 0.6) is 34.5 Å². The number of carbonyl (C=O) groups excluding carboxylic acids is 2. The smallest absolute Gasteiger partial charge is 0.872 e. The van der Waals surface area contributed by atoms with Crippen LogP contribution in [0, 0.1) is 13.8 Å². The molecule has 0 atom stereocenters. The van der Waals surface area contributed by atoms with E-state index >= 15 is 0 Å². The number of carbonyl (C=O) groups is 2. The zero-order valence-corrected chi connectivity index (χ0v) is 38.3. The minimum absolute atomic E-state index is 0. The number of phenols is 2. The Bertz CT molecular complexity index is 2530. The second kappa shape index (κ2) is 16.4. The number of rotatable bonds is 4. The monoisotopic (exact) mass is 806 g/mol. The summed E-state index contributed by atoms with van der Waals surface area (Å²) in [5.41, 5.74) is 6.06. The fraction of sp³-hybridized carbons (Fsp3) is 0.208. The fourth-order valence-electron chi connectivity index (χ4n) is 8.50. The Kier molecular flexibility index (Phi) is 12.2. The topological polar surface area (TPSA) is 148 Å². The van der Waals surface area contributed by atoms with E-state index in [1.807, 2.05) is 84.0 Å². The summed E-state index contributed by atoms with van der Waals surface area (Å²) < 4.78 is 18.0. The zero-order chi connectivity index (χ0) is 40.6. The Labute approximate surface area is 387 Å². The van der Waals surface area contributed by atoms with Crippen molar-refractivity contribution in [2.45, 2.75) is 64.6 Å². The summed E-state index contributed by atoms with van der Waals surface area (Å²) in [6.07, 6.45) is 0. The van der Waals surface area contributed by atoms with Crippen molar-refractivity contribution in [1.29, 1.82) is 0 Å². The number of hydrogen-bond donors (Lipinski definition) is 2. The number of benzene rings is 6. The maximum absolute atomic E-state index is 13.1. The number of aryl methyl sites for hydroxylation is 2. The van der Waals surface area contributed by atoms with Crippen molar-refractivity contribution in [3.8, 4) is 34.5 Å². The zero-order valence-electron chi connectivity index (χ0n) is 34.3. The number of aromatic hydroxyl groups is 2. The second-order valence-electron chi connectivity index (χ2n) is 15.4. The summed E-state index contributed by atoms with van der Waals surface area (Å²) in [6, 6.07) is 30.7. The van der Waals surface area contributed by atoms with Gasteiger partial charge in [0.25, 0.3) is 0 Å². The maximum atomic E-state index is 13.1. The Morgan fingerprint density at radius 3 is 1.27 bits per heavy atom. The molecule has 59 heavy (non-hydrogen) atoms. The van der Waals surface area contributed by atoms with Crippen LogP contribution in [0.2, 0.25) is 0 Å². The molecule has 0 unspecified atom stereocenters. The van der Waals surface area contributed by atoms with Crippen molar-refractivity contribution in [3.05, 3.63) is 176 Å². The van der Waals surface area contributed by atoms with Gasteiger partial charge in [0.2, 0.25) is 0 Å². The molecule has 0 amide bonds. The molecule has 0 bridgehead atoms. The normalized spacial score (nSPS) is 14.6. The van der Waals surface area contributed by atoms with Gasteiger partial charge in [-0.1, -0.05) is 88.4 Å². The number of esters is 2. The number of hydrogen-bond acceptors (Lipinski definition) is 9. The van der Waals surface area contributed by atoms with E-state index < -0.39 is 17.2 Å². The Balaban J connectivity index is 0.000000197. The molecule has 0 aromatic heterocycles. The summed E-state index contributed by atoms with van der Waals surface area (Å²) in [5.74, 6) is -0.0633. The average molecular weight is 807 g/mol. The number of phenolic OH excluding ortho intramolecular Hbond substituents is 2. The quantitative estimate of drug-likeness (QED) is 0.203. The van der Waals surface area contributed by atoms with Gasteiger partial charge >= 0.3 is 71.1 Å². The van der Waals surface area contributed by atoms with Crippen LogP contribution in [0.25, 0.3) is 0 Å². The molecular formula is C48H40Na2O9. The van der Waals surface area contributed by atoms with Crippen molar-refractivity contribution in [3.63, 3.8) is 0 Å². The molecule has 3 aliphatic heterocycles. The van der Waals surface area contributed by atoms with Gasteiger partial charge in [0.1, 0.15) is 23.0 Å². The Morgan fingerprint density at radius 1 is 0.508 bits per heavy atom. The molecular weight excluding hydrogens is 766 g/mol. The molecule has 9 nitrogen and oxygen atoms in total. The van der Waals surface area contributed by atoms with E-state index in [1.165, 1.54) is 24.3 Å². The standard InChI is InChI=1S/C28H30O4.C20H12O5.2Na/c1-15(2)20-13-23(17(5)11-25(20)29)28(22-10-8-7-9-19(22)27(31)32-28)24-14-21(16(3)4)26(30)12-18(24)6;21-11-5-7-15-17(9-11)24-18-10-12(22)6-8-16(18)20(15)14-4-2-1-3-13(14)19(23)25-20;;/h7-16,29-30H,1-6H3;1-10,21-22H;;/q;;2*+1/p-2. The summed E-state index contributed by atoms with van der Waals surface area (Å²) >= 11 is 0. The SMILES string of the molecule is Cc1cc(O)c(C(C)C)cc1C1(c2cc(C(C)C)c(O)cc2C)OC(=O)c2ccccc21.O=C1OC2(c3ccc([O-])cc3Oc3cc([O-])ccc32)c2ccccc21.[Na+].[Na+]. The summed E-state index contributed by atoms with van der Waals surface area (Å²) in [6.45, 7) is 12.0. The van der Waals surface area contributed by atoms with Crippen LogP contribution in [0.4, 0.5) is 0 Å². The van der Waals surface area contributed by atoms with Crippen LogP contribution in [0.15, 0.2) is 109 Å². The van der Waals surface area contributed by atoms with Gasteiger partial charge in [-0.2, -0.15) is 0 Å². The van der Waals surface area contributed by atoms with E-state index in [4.69, 9.17) is 14.2 Å². The van der Waals surface area contributed by atoms with Gasteiger partial charge < -0.3 is 34.6 Å². The molecule has 6 aromatic rings. The summed E-state index contributed by atoms with van der Waals surface area (Å²) in [4.78, 5) is 25.6. The van der Waals surface area contributed by atoms with Crippen LogP contribution in [-0.2, 0) is 20.7 Å². The van der Waals surface area contributed by atoms with Gasteiger partial charge in [-0.3, -0.25) is 0 Å². The molecule has 0 saturated heterocycles. The first-order chi connectivity index (χ1) is 27.2. The van der Waals surface area contributed by atoms with Crippen LogP contribution in [-0.4, -0.2) is 22.2 Å². The van der Waals surface area contributed by atoms with Crippen LogP contribution < -0.4 is 74.1 Å². The van der Waals surface area contributed by atoms with Crippen LogP contribution in [0.1, 0.15) is 116 Å². The number of fused-ring (bicyclic) bond motifs is 7. The van der Waals surface area contributed by atoms with Crippen molar-refractivity contribution < 1.29 is 103 Å². The largest absolute Gasteiger partial charge is 1.00 e. The molecule has 1 spiro atoms. The minimum atomic E-state index is -1.22. The van der Waals surface area contributed by atoms with E-state index in [-0.39, 0.29) is 111 Å². The third kappa shape index (κ3) is 7.01. The maximum Gasteiger partial charge on any atom is 1.00 e. The van der Waals surface area contributed by atoms with Gasteiger partial charge in [-0.25, -0.2) is 9.59 Å². The summed E-state index contributed by atoms with van der Waals surface area (Å²) in [5, 5.41) is 44.8. The summed E-state index contributed by atoms with van der Waals surface area (Å²) in [7, 11) is 0. The van der Waals surface area contributed by atoms with E-state index in [0.717, 1.165) is 38.9 Å². The predicted molar refractivity (Wildman–Crippen MR) is 209 cm³/mol. The fourth-order valence-corrected chi connectivity index (χ4v) is 8.50. The average Bonchev–Trinajstić information content (AvgIpc) is 3.62. The molecule has 6 aromatic carbocycles. The first-order valence-corrected chi connectivity index (χ1v) is 18.8. The van der Waals surface area contributed by atoms with E-state index in [2.05, 4.69) is 0 Å². The van der Waals surface area contributed by atoms with Crippen molar-refractivity contribution >= 4 is 11.9 Å². The van der Waals surface area contributed by atoms with Gasteiger partial charge in [-0.15, -0.1) is 11.5 Å². The molecule has 11 heteroatoms. The Hall–Kier alpha value is -4.74. The number of ether oxygens (including phenoxy) is 3. The molecule has 0 radical (unpaired) electrons. The molecule has 2 N–H and O–H groups in total. The van der Waals surface area contributed by atoms with E-state index in [1.54, 1.807) is 42.5 Å². The van der Waals surface area contributed by atoms with Gasteiger partial charge in [0.15, 0.2) is 11.2 Å². The molecule has 3 heterocycles. The van der Waals surface area contributed by atoms with Crippen molar-refractivity contribution in [1.82, 2.24) is 0 Å². The van der Waals surface area contributed by atoms with Crippen molar-refractivity contribution in [2.24, 2.45) is 0 Å². The molecule has 288 valence electrons. The van der Waals surface area contributed by atoms with E-state index in [0.29, 0.717) is 27.8 Å². The molecule has 0 saturated carbocycles. The third-order valence-corrected chi connectivity index (χ3v) is 11.2. The molecule has 0 fully saturated rings. The molecule has 3 aliphatic rings. The first kappa shape index (κ1) is 43.8. The van der Waals surface area contributed by atoms with Gasteiger partial charge in [-0.05, 0) is 96.5 Å². The van der Waals surface area contributed by atoms with E-state index in [9.17, 15) is 30.0 Å². The molecule has 9 rings (SSSR count). The van der Waals surface area contributed by atoms with Gasteiger partial charge in [0, 0.05) is 33.4 Å². The Morgan fingerprint density at radius 2 is 0.881 bits per heavy atom. The number of cyclic esters (lactones) is 1. The predicted octanol–water partition coefficient (Wildman–Crippen LogP) is 2.83. The minimum Gasteiger partial charge on any atom is -0.872 e. The molecule has 0 aliphatic carbocycles. The second-order valence-corrected chi connectivity index (χ2v) is 15.4. The van der Waals surface area contributed by atoms with Crippen molar-refractivity contribution in [2.75, 3.05) is 0 Å². The van der Waals surface area contributed by atoms with Crippen LogP contribution >= 0.6 is 0 Å². The third-order valence-electron chi connectivity index (χ3n) is 11.2.